The number of rotatable bonds is 12. The van der Waals surface area contributed by atoms with E-state index in [9.17, 15) is 9.59 Å². The summed E-state index contributed by atoms with van der Waals surface area (Å²) in [6.07, 6.45) is 6.40. The van der Waals surface area contributed by atoms with Crippen LogP contribution in [-0.2, 0) is 14.3 Å². The Morgan fingerprint density at radius 1 is 1.05 bits per heavy atom. The molecule has 21 heavy (non-hydrogen) atoms. The lowest BCUT2D eigenvalue weighted by atomic mass is 10.1. The minimum atomic E-state index is -0.930. The maximum Gasteiger partial charge on any atom is 0.307 e. The largest absolute Gasteiger partial charge is 0.481 e. The maximum atomic E-state index is 11.8. The molecule has 0 aromatic heterocycles. The molecule has 0 aliphatic heterocycles. The number of ether oxygens (including phenoxy) is 1. The average molecular weight is 302 g/mol. The fourth-order valence-electron chi connectivity index (χ4n) is 2.24. The molecule has 5 nitrogen and oxygen atoms in total. The molecule has 0 aromatic carbocycles. The van der Waals surface area contributed by atoms with Crippen molar-refractivity contribution in [3.8, 4) is 0 Å². The van der Waals surface area contributed by atoms with Crippen LogP contribution in [0, 0.1) is 0 Å². The number of carbonyl (C=O) groups is 2. The number of hydrogen-bond donors (Lipinski definition) is 1. The monoisotopic (exact) mass is 302 g/mol. The van der Waals surface area contributed by atoms with Gasteiger partial charge in [-0.25, -0.2) is 0 Å². The van der Waals surface area contributed by atoms with Crippen molar-refractivity contribution in [2.24, 2.45) is 0 Å². The van der Waals surface area contributed by atoms with Crippen LogP contribution in [0.5, 0.6) is 0 Å². The summed E-state index contributed by atoms with van der Waals surface area (Å²) in [5, 5.41) is 8.89. The molecule has 1 unspecified atom stereocenters. The molecular formula is C16H32NO4+. The fourth-order valence-corrected chi connectivity index (χ4v) is 2.24. The van der Waals surface area contributed by atoms with Crippen LogP contribution < -0.4 is 0 Å². The molecule has 5 heteroatoms. The smallest absolute Gasteiger partial charge is 0.307 e. The Labute approximate surface area is 128 Å². The number of quaternary nitrogens is 1. The van der Waals surface area contributed by atoms with Crippen molar-refractivity contribution in [2.75, 3.05) is 27.7 Å². The van der Waals surface area contributed by atoms with Crippen molar-refractivity contribution in [3.63, 3.8) is 0 Å². The second kappa shape index (κ2) is 10.6. The van der Waals surface area contributed by atoms with Crippen LogP contribution in [0.25, 0.3) is 0 Å². The highest BCUT2D eigenvalue weighted by Gasteiger charge is 2.24. The van der Waals surface area contributed by atoms with Gasteiger partial charge in [-0.05, 0) is 6.42 Å². The minimum Gasteiger partial charge on any atom is -0.481 e. The SMILES string of the molecule is CCCCCCCCC(=O)OC(CC(=O)O)C[N+](C)(C)C. The first kappa shape index (κ1) is 19.9. The summed E-state index contributed by atoms with van der Waals surface area (Å²) in [5.41, 5.74) is 0. The predicted octanol–water partition coefficient (Wildman–Crippen LogP) is 2.83. The van der Waals surface area contributed by atoms with Gasteiger partial charge in [-0.15, -0.1) is 0 Å². The highest BCUT2D eigenvalue weighted by atomic mass is 16.5. The predicted molar refractivity (Wildman–Crippen MR) is 83.0 cm³/mol. The Hall–Kier alpha value is -1.10. The highest BCUT2D eigenvalue weighted by molar-refractivity contribution is 5.71. The first-order valence-electron chi connectivity index (χ1n) is 7.96. The van der Waals surface area contributed by atoms with Crippen LogP contribution in [0.15, 0.2) is 0 Å². The highest BCUT2D eigenvalue weighted by Crippen LogP contribution is 2.10. The molecular weight excluding hydrogens is 270 g/mol. The molecule has 0 saturated heterocycles. The van der Waals surface area contributed by atoms with E-state index in [1.165, 1.54) is 19.3 Å². The van der Waals surface area contributed by atoms with Crippen molar-refractivity contribution in [1.82, 2.24) is 0 Å². The third-order valence-corrected chi connectivity index (χ3v) is 3.19. The Kier molecular flexibility index (Phi) is 10.0. The fraction of sp³-hybridized carbons (Fsp3) is 0.875. The van der Waals surface area contributed by atoms with Crippen molar-refractivity contribution in [3.05, 3.63) is 0 Å². The van der Waals surface area contributed by atoms with Gasteiger partial charge in [-0.2, -0.15) is 0 Å². The topological polar surface area (TPSA) is 63.6 Å². The molecule has 0 rings (SSSR count). The van der Waals surface area contributed by atoms with E-state index < -0.39 is 12.1 Å². The standard InChI is InChI=1S/C16H31NO4/c1-5-6-7-8-9-10-11-16(20)21-14(12-15(18)19)13-17(2,3)4/h14H,5-13H2,1-4H3/p+1. The summed E-state index contributed by atoms with van der Waals surface area (Å²) in [6.45, 7) is 2.68. The summed E-state index contributed by atoms with van der Waals surface area (Å²) >= 11 is 0. The van der Waals surface area contributed by atoms with Crippen LogP contribution >= 0.6 is 0 Å². The van der Waals surface area contributed by atoms with E-state index in [1.54, 1.807) is 0 Å². The summed E-state index contributed by atoms with van der Waals surface area (Å²) in [4.78, 5) is 22.6. The summed E-state index contributed by atoms with van der Waals surface area (Å²) in [5.74, 6) is -1.20. The molecule has 0 radical (unpaired) electrons. The normalized spacial score (nSPS) is 13.0. The zero-order chi connectivity index (χ0) is 16.3. The van der Waals surface area contributed by atoms with Crippen LogP contribution in [0.2, 0.25) is 0 Å². The van der Waals surface area contributed by atoms with E-state index in [-0.39, 0.29) is 12.4 Å². The van der Waals surface area contributed by atoms with E-state index in [0.29, 0.717) is 17.4 Å². The van der Waals surface area contributed by atoms with E-state index in [1.807, 2.05) is 21.1 Å². The third-order valence-electron chi connectivity index (χ3n) is 3.19. The molecule has 0 amide bonds. The average Bonchev–Trinajstić information content (AvgIpc) is 2.30. The van der Waals surface area contributed by atoms with Crippen molar-refractivity contribution >= 4 is 11.9 Å². The lowest BCUT2D eigenvalue weighted by Crippen LogP contribution is -2.43. The molecule has 0 heterocycles. The lowest BCUT2D eigenvalue weighted by Gasteiger charge is -2.28. The van der Waals surface area contributed by atoms with Gasteiger partial charge >= 0.3 is 11.9 Å². The summed E-state index contributed by atoms with van der Waals surface area (Å²) < 4.78 is 5.90. The Morgan fingerprint density at radius 2 is 1.62 bits per heavy atom. The quantitative estimate of drug-likeness (QED) is 0.342. The number of esters is 1. The number of carboxylic acid groups (broad SMARTS) is 1. The number of unbranched alkanes of at least 4 members (excludes halogenated alkanes) is 5. The van der Waals surface area contributed by atoms with Gasteiger partial charge in [-0.1, -0.05) is 39.0 Å². The third kappa shape index (κ3) is 13.6. The van der Waals surface area contributed by atoms with E-state index in [0.717, 1.165) is 19.3 Å². The number of aliphatic carboxylic acids is 1. The first-order valence-corrected chi connectivity index (χ1v) is 7.96. The zero-order valence-corrected chi connectivity index (χ0v) is 14.1. The zero-order valence-electron chi connectivity index (χ0n) is 14.1. The van der Waals surface area contributed by atoms with Gasteiger partial charge in [0.1, 0.15) is 6.54 Å². The molecule has 124 valence electrons. The van der Waals surface area contributed by atoms with Crippen molar-refractivity contribution in [1.29, 1.82) is 0 Å². The molecule has 0 aliphatic carbocycles. The molecule has 0 aromatic rings. The van der Waals surface area contributed by atoms with Gasteiger partial charge in [0.05, 0.1) is 27.6 Å². The second-order valence-corrected chi connectivity index (χ2v) is 6.70. The summed E-state index contributed by atoms with van der Waals surface area (Å²) in [6, 6.07) is 0. The molecule has 0 aliphatic rings. The van der Waals surface area contributed by atoms with E-state index in [4.69, 9.17) is 9.84 Å². The minimum absolute atomic E-state index is 0.127. The van der Waals surface area contributed by atoms with Crippen molar-refractivity contribution < 1.29 is 23.9 Å². The van der Waals surface area contributed by atoms with Gasteiger partial charge in [-0.3, -0.25) is 9.59 Å². The molecule has 1 N–H and O–H groups in total. The Balaban J connectivity index is 4.01. The van der Waals surface area contributed by atoms with Crippen LogP contribution in [0.3, 0.4) is 0 Å². The second-order valence-electron chi connectivity index (χ2n) is 6.70. The first-order chi connectivity index (χ1) is 9.74. The lowest BCUT2D eigenvalue weighted by molar-refractivity contribution is -0.873. The Bertz CT molecular complexity index is 310. The molecule has 1 atom stereocenters. The van der Waals surface area contributed by atoms with Crippen molar-refractivity contribution in [2.45, 2.75) is 64.4 Å². The van der Waals surface area contributed by atoms with Gasteiger partial charge in [0, 0.05) is 6.42 Å². The number of hydrogen-bond acceptors (Lipinski definition) is 3. The van der Waals surface area contributed by atoms with Crippen LogP contribution in [0.4, 0.5) is 0 Å². The van der Waals surface area contributed by atoms with Gasteiger partial charge in [0.2, 0.25) is 0 Å². The molecule has 0 spiro atoms. The van der Waals surface area contributed by atoms with E-state index >= 15 is 0 Å². The molecule has 0 bridgehead atoms. The number of carboxylic acids is 1. The van der Waals surface area contributed by atoms with Crippen LogP contribution in [0.1, 0.15) is 58.3 Å². The molecule has 0 fully saturated rings. The van der Waals surface area contributed by atoms with Gasteiger partial charge in [0.15, 0.2) is 6.10 Å². The number of likely N-dealkylation sites (N-methyl/N-ethyl adjacent to an activating group) is 1. The maximum absolute atomic E-state index is 11.8. The summed E-state index contributed by atoms with van der Waals surface area (Å²) in [7, 11) is 5.86. The van der Waals surface area contributed by atoms with Gasteiger partial charge in [0.25, 0.3) is 0 Å². The van der Waals surface area contributed by atoms with E-state index in [2.05, 4.69) is 6.92 Å². The van der Waals surface area contributed by atoms with Crippen LogP contribution in [-0.4, -0.2) is 55.3 Å². The van der Waals surface area contributed by atoms with Gasteiger partial charge < -0.3 is 14.3 Å². The number of carbonyl (C=O) groups excluding carboxylic acids is 1. The molecule has 0 saturated carbocycles. The number of nitrogens with zero attached hydrogens (tertiary/aromatic N) is 1. The Morgan fingerprint density at radius 3 is 2.14 bits per heavy atom.